The smallest absolute Gasteiger partial charge is 0.358 e. The Morgan fingerprint density at radius 2 is 1.75 bits per heavy atom. The van der Waals surface area contributed by atoms with Gasteiger partial charge in [0, 0.05) is 0 Å². The number of hydrogen-bond donors (Lipinski definition) is 0. The van der Waals surface area contributed by atoms with Crippen LogP contribution >= 0.6 is 0 Å². The molecule has 0 atom stereocenters. The van der Waals surface area contributed by atoms with E-state index in [4.69, 9.17) is 0 Å². The first kappa shape index (κ1) is 18.1. The van der Waals surface area contributed by atoms with E-state index in [1.807, 2.05) is 0 Å². The zero-order chi connectivity index (χ0) is 9.42. The van der Waals surface area contributed by atoms with Gasteiger partial charge in [0.25, 0.3) is 0 Å². The summed E-state index contributed by atoms with van der Waals surface area (Å²) in [5.41, 5.74) is 2.83. The summed E-state index contributed by atoms with van der Waals surface area (Å²) in [5, 5.41) is 2.80. The predicted molar refractivity (Wildman–Crippen MR) is 71.2 cm³/mol. The van der Waals surface area contributed by atoms with Crippen molar-refractivity contribution in [2.75, 3.05) is 0 Å². The van der Waals surface area contributed by atoms with Crippen molar-refractivity contribution < 1.29 is 26.2 Å². The summed E-state index contributed by atoms with van der Waals surface area (Å²) in [6.45, 7) is 6.65. The summed E-state index contributed by atoms with van der Waals surface area (Å²) in [7, 11) is 0. The van der Waals surface area contributed by atoms with Crippen LogP contribution < -0.4 is 0 Å². The minimum atomic E-state index is 0. The Bertz CT molecular complexity index is 424. The molecule has 16 heavy (non-hydrogen) atoms. The molecule has 0 nitrogen and oxygen atoms in total. The second-order valence-corrected chi connectivity index (χ2v) is 4.04. The summed E-state index contributed by atoms with van der Waals surface area (Å²) >= 11 is 0. The third-order valence-corrected chi connectivity index (χ3v) is 2.55. The van der Waals surface area contributed by atoms with Crippen molar-refractivity contribution in [3.8, 4) is 0 Å². The van der Waals surface area contributed by atoms with Gasteiger partial charge in [-0.3, -0.25) is 0 Å². The van der Waals surface area contributed by atoms with Gasteiger partial charge in [-0.05, 0) is 5.92 Å². The molecule has 0 aliphatic rings. The summed E-state index contributed by atoms with van der Waals surface area (Å²) in [6.07, 6.45) is 0. The van der Waals surface area contributed by atoms with Crippen LogP contribution in [0, 0.1) is 21.8 Å². The maximum absolute atomic E-state index is 2.28. The fraction of sp³-hybridized carbons (Fsp3) is 0.267. The van der Waals surface area contributed by atoms with E-state index in [1.165, 1.54) is 21.9 Å². The fourth-order valence-electron chi connectivity index (χ4n) is 1.91. The third kappa shape index (κ3) is 3.35. The second kappa shape index (κ2) is 7.12. The number of rotatable bonds is 1. The Morgan fingerprint density at radius 1 is 1.12 bits per heavy atom. The van der Waals surface area contributed by atoms with Crippen LogP contribution in [0.25, 0.3) is 10.8 Å². The molecule has 0 unspecified atom stereocenters. The topological polar surface area (TPSA) is 0 Å². The Balaban J connectivity index is 0. The first-order valence-corrected chi connectivity index (χ1v) is 4.84. The molecule has 0 aliphatic carbocycles. The first-order chi connectivity index (χ1) is 6.18. The van der Waals surface area contributed by atoms with Gasteiger partial charge in [-0.1, -0.05) is 32.4 Å². The van der Waals surface area contributed by atoms with E-state index < -0.39 is 0 Å². The standard InChI is InChI=1S/C13H15.2CH3.Zr/c1-9(2)12-6-4-5-11-7-10(3)8-13(11)12;;;/h4-9H,1-3H3;2*1H3;/q3*-1;+3. The molecular weight excluding hydrogens is 271 g/mol. The number of aryl methyl sites for hydroxylation is 1. The van der Waals surface area contributed by atoms with Gasteiger partial charge in [-0.2, -0.15) is 6.07 Å². The van der Waals surface area contributed by atoms with E-state index in [-0.39, 0.29) is 41.1 Å². The van der Waals surface area contributed by atoms with Crippen molar-refractivity contribution >= 4 is 10.8 Å². The zero-order valence-electron chi connectivity index (χ0n) is 11.0. The Kier molecular flexibility index (Phi) is 8.05. The normalized spacial score (nSPS) is 9.25. The molecule has 0 aliphatic heterocycles. The van der Waals surface area contributed by atoms with Crippen molar-refractivity contribution in [1.29, 1.82) is 0 Å². The van der Waals surface area contributed by atoms with Gasteiger partial charge in [-0.25, -0.2) is 0 Å². The molecule has 0 saturated heterocycles. The molecule has 2 aromatic rings. The molecule has 2 aromatic carbocycles. The van der Waals surface area contributed by atoms with Gasteiger partial charge in [0.05, 0.1) is 0 Å². The van der Waals surface area contributed by atoms with Crippen LogP contribution in [0.2, 0.25) is 0 Å². The van der Waals surface area contributed by atoms with Crippen molar-refractivity contribution in [3.63, 3.8) is 0 Å². The van der Waals surface area contributed by atoms with Gasteiger partial charge in [0.2, 0.25) is 0 Å². The monoisotopic (exact) mass is 291 g/mol. The summed E-state index contributed by atoms with van der Waals surface area (Å²) in [4.78, 5) is 0. The van der Waals surface area contributed by atoms with Crippen LogP contribution in [0.1, 0.15) is 30.9 Å². The zero-order valence-corrected chi connectivity index (χ0v) is 13.4. The number of hydrogen-bond acceptors (Lipinski definition) is 0. The van der Waals surface area contributed by atoms with Crippen molar-refractivity contribution in [1.82, 2.24) is 0 Å². The van der Waals surface area contributed by atoms with Crippen LogP contribution in [-0.4, -0.2) is 0 Å². The van der Waals surface area contributed by atoms with E-state index in [9.17, 15) is 0 Å². The third-order valence-electron chi connectivity index (χ3n) is 2.55. The van der Waals surface area contributed by atoms with Gasteiger partial charge < -0.3 is 14.9 Å². The van der Waals surface area contributed by atoms with Crippen LogP contribution in [-0.2, 0) is 26.2 Å². The fourth-order valence-corrected chi connectivity index (χ4v) is 1.91. The Labute approximate surface area is 120 Å². The summed E-state index contributed by atoms with van der Waals surface area (Å²) in [6, 6.07) is 11.1. The molecule has 0 aromatic heterocycles. The molecule has 0 bridgehead atoms. The predicted octanol–water partition coefficient (Wildman–Crippen LogP) is 4.89. The van der Waals surface area contributed by atoms with E-state index in [1.54, 1.807) is 0 Å². The summed E-state index contributed by atoms with van der Waals surface area (Å²) < 4.78 is 0. The van der Waals surface area contributed by atoms with Crippen LogP contribution in [0.15, 0.2) is 30.3 Å². The molecule has 0 spiro atoms. The maximum atomic E-state index is 2.28. The van der Waals surface area contributed by atoms with Gasteiger partial charge in [0.1, 0.15) is 0 Å². The van der Waals surface area contributed by atoms with Crippen molar-refractivity contribution in [2.24, 2.45) is 0 Å². The average molecular weight is 293 g/mol. The minimum Gasteiger partial charge on any atom is -0.358 e. The van der Waals surface area contributed by atoms with Crippen molar-refractivity contribution in [3.05, 3.63) is 56.3 Å². The van der Waals surface area contributed by atoms with E-state index in [0.29, 0.717) is 5.92 Å². The number of fused-ring (bicyclic) bond motifs is 1. The Hall–Kier alpha value is -0.287. The van der Waals surface area contributed by atoms with Gasteiger partial charge >= 0.3 is 26.2 Å². The van der Waals surface area contributed by atoms with E-state index in [0.717, 1.165) is 0 Å². The van der Waals surface area contributed by atoms with Crippen LogP contribution in [0.3, 0.4) is 0 Å². The van der Waals surface area contributed by atoms with Gasteiger partial charge in [0.15, 0.2) is 0 Å². The minimum absolute atomic E-state index is 0. The molecule has 0 heterocycles. The molecule has 1 heteroatoms. The molecule has 85 valence electrons. The van der Waals surface area contributed by atoms with E-state index >= 15 is 0 Å². The molecular formula is C15H21Zr. The van der Waals surface area contributed by atoms with Crippen molar-refractivity contribution in [2.45, 2.75) is 26.7 Å². The molecule has 0 saturated carbocycles. The number of benzene rings is 1. The molecule has 0 amide bonds. The maximum Gasteiger partial charge on any atom is 3.00 e. The Morgan fingerprint density at radius 3 is 2.31 bits per heavy atom. The molecule has 1 radical (unpaired) electrons. The largest absolute Gasteiger partial charge is 3.00 e. The summed E-state index contributed by atoms with van der Waals surface area (Å²) in [5.74, 6) is 0.616. The van der Waals surface area contributed by atoms with Crippen LogP contribution in [0.4, 0.5) is 0 Å². The molecule has 0 fully saturated rings. The quantitative estimate of drug-likeness (QED) is 0.657. The molecule has 2 rings (SSSR count). The second-order valence-electron chi connectivity index (χ2n) is 4.04. The van der Waals surface area contributed by atoms with Gasteiger partial charge in [-0.15, -0.1) is 34.5 Å². The SMILES string of the molecule is Cc1cc2c(C(C)C)cccc2[cH-]1.[CH3-].[CH3-].[Zr+3]. The molecule has 0 N–H and O–H groups in total. The average Bonchev–Trinajstić information content (AvgIpc) is 2.43. The van der Waals surface area contributed by atoms with E-state index in [2.05, 4.69) is 51.1 Å². The van der Waals surface area contributed by atoms with Crippen LogP contribution in [0.5, 0.6) is 0 Å². The first-order valence-electron chi connectivity index (χ1n) is 4.84.